The van der Waals surface area contributed by atoms with Crippen molar-refractivity contribution in [1.29, 1.82) is 0 Å². The van der Waals surface area contributed by atoms with Gasteiger partial charge in [0, 0.05) is 12.2 Å². The Balaban J connectivity index is 1.37. The van der Waals surface area contributed by atoms with Crippen molar-refractivity contribution in [2.75, 3.05) is 0 Å². The lowest BCUT2D eigenvalue weighted by Crippen LogP contribution is -2.05. The molecule has 0 aliphatic heterocycles. The van der Waals surface area contributed by atoms with Crippen LogP contribution in [0.1, 0.15) is 30.3 Å². The van der Waals surface area contributed by atoms with Crippen LogP contribution in [0.2, 0.25) is 0 Å². The van der Waals surface area contributed by atoms with Gasteiger partial charge in [0.2, 0.25) is 5.82 Å². The number of ether oxygens (including phenoxy) is 1. The van der Waals surface area contributed by atoms with Crippen LogP contribution < -0.4 is 4.74 Å². The predicted octanol–water partition coefficient (Wildman–Crippen LogP) is 4.55. The van der Waals surface area contributed by atoms with Crippen LogP contribution >= 0.6 is 0 Å². The van der Waals surface area contributed by atoms with Gasteiger partial charge in [-0.1, -0.05) is 11.2 Å². The summed E-state index contributed by atoms with van der Waals surface area (Å²) in [6, 6.07) is 8.24. The van der Waals surface area contributed by atoms with Crippen LogP contribution in [0.4, 0.5) is 17.6 Å². The number of pyridine rings is 1. The summed E-state index contributed by atoms with van der Waals surface area (Å²) in [5.74, 6) is -2.80. The monoisotopic (exact) mass is 419 g/mol. The first-order valence-electron chi connectivity index (χ1n) is 9.05. The van der Waals surface area contributed by atoms with Gasteiger partial charge >= 0.3 is 12.1 Å². The molecule has 0 unspecified atom stereocenters. The normalized spacial score (nSPS) is 14.4. The number of imidazole rings is 1. The highest BCUT2D eigenvalue weighted by Gasteiger charge is 2.38. The second kappa shape index (κ2) is 6.78. The number of rotatable bonds is 5. The summed E-state index contributed by atoms with van der Waals surface area (Å²) in [5.41, 5.74) is 1.71. The zero-order valence-corrected chi connectivity index (χ0v) is 15.2. The van der Waals surface area contributed by atoms with Gasteiger partial charge in [-0.05, 0) is 42.7 Å². The van der Waals surface area contributed by atoms with E-state index in [4.69, 9.17) is 4.74 Å². The first-order chi connectivity index (χ1) is 14.4. The van der Waals surface area contributed by atoms with E-state index in [0.717, 1.165) is 24.6 Å². The molecule has 0 saturated heterocycles. The minimum atomic E-state index is -4.79. The van der Waals surface area contributed by atoms with Gasteiger partial charge in [-0.15, -0.1) is 0 Å². The van der Waals surface area contributed by atoms with E-state index in [-0.39, 0.29) is 18.2 Å². The summed E-state index contributed by atoms with van der Waals surface area (Å²) in [4.78, 5) is 12.0. The molecule has 0 bridgehead atoms. The molecule has 11 heteroatoms. The number of aromatic nitrogens is 5. The maximum absolute atomic E-state index is 14.5. The molecule has 4 aromatic rings. The summed E-state index contributed by atoms with van der Waals surface area (Å²) >= 11 is 0. The molecule has 3 heterocycles. The molecule has 154 valence electrons. The summed E-state index contributed by atoms with van der Waals surface area (Å²) in [5, 5.41) is 3.20. The second-order valence-corrected chi connectivity index (χ2v) is 6.87. The fourth-order valence-electron chi connectivity index (χ4n) is 3.10. The van der Waals surface area contributed by atoms with Gasteiger partial charge in [-0.2, -0.15) is 23.1 Å². The Bertz CT molecular complexity index is 1230. The first kappa shape index (κ1) is 18.5. The third-order valence-corrected chi connectivity index (χ3v) is 4.64. The van der Waals surface area contributed by atoms with E-state index in [0.29, 0.717) is 17.1 Å². The second-order valence-electron chi connectivity index (χ2n) is 6.87. The molecule has 7 nitrogen and oxygen atoms in total. The average molecular weight is 419 g/mol. The Morgan fingerprint density at radius 2 is 2.00 bits per heavy atom. The van der Waals surface area contributed by atoms with Gasteiger partial charge in [-0.3, -0.25) is 4.57 Å². The Labute approximate surface area is 166 Å². The highest BCUT2D eigenvalue weighted by atomic mass is 19.4. The lowest BCUT2D eigenvalue weighted by Gasteiger charge is -2.09. The molecule has 0 amide bonds. The van der Waals surface area contributed by atoms with Gasteiger partial charge in [0.05, 0.1) is 5.56 Å². The summed E-state index contributed by atoms with van der Waals surface area (Å²) < 4.78 is 64.1. The average Bonchev–Trinajstić information content (AvgIpc) is 3.28. The minimum absolute atomic E-state index is 0.0211. The number of hydrogen-bond donors (Lipinski definition) is 0. The van der Waals surface area contributed by atoms with E-state index >= 15 is 0 Å². The smallest absolute Gasteiger partial charge is 0.460 e. The summed E-state index contributed by atoms with van der Waals surface area (Å²) in [6.45, 7) is 0.0211. The molecule has 30 heavy (non-hydrogen) atoms. The van der Waals surface area contributed by atoms with Crippen LogP contribution in [0.5, 0.6) is 6.01 Å². The highest BCUT2D eigenvalue weighted by molar-refractivity contribution is 5.72. The summed E-state index contributed by atoms with van der Waals surface area (Å²) in [6.07, 6.45) is -1.10. The van der Waals surface area contributed by atoms with Crippen molar-refractivity contribution in [1.82, 2.24) is 24.7 Å². The molecule has 3 aromatic heterocycles. The van der Waals surface area contributed by atoms with Crippen molar-refractivity contribution in [3.63, 3.8) is 0 Å². The predicted molar refractivity (Wildman–Crippen MR) is 94.8 cm³/mol. The molecule has 0 spiro atoms. The SMILES string of the molecule is Fc1cc(COc2nc3cccnc3n2C2CC2)ccc1-c1noc(C(F)(F)F)n1. The molecular weight excluding hydrogens is 406 g/mol. The molecule has 0 radical (unpaired) electrons. The highest BCUT2D eigenvalue weighted by Crippen LogP contribution is 2.40. The van der Waals surface area contributed by atoms with Crippen molar-refractivity contribution in [2.45, 2.75) is 31.7 Å². The third kappa shape index (κ3) is 3.36. The molecular formula is C19H13F4N5O2. The molecule has 1 aliphatic rings. The van der Waals surface area contributed by atoms with Crippen molar-refractivity contribution in [2.24, 2.45) is 0 Å². The third-order valence-electron chi connectivity index (χ3n) is 4.64. The fraction of sp³-hybridized carbons (Fsp3) is 0.263. The molecule has 1 aliphatic carbocycles. The first-order valence-corrected chi connectivity index (χ1v) is 9.05. The number of alkyl halides is 3. The number of hydrogen-bond acceptors (Lipinski definition) is 6. The lowest BCUT2D eigenvalue weighted by atomic mass is 10.1. The Morgan fingerprint density at radius 3 is 2.70 bits per heavy atom. The van der Waals surface area contributed by atoms with Crippen LogP contribution in [-0.2, 0) is 12.8 Å². The quantitative estimate of drug-likeness (QED) is 0.442. The van der Waals surface area contributed by atoms with Crippen LogP contribution in [0.15, 0.2) is 41.1 Å². The molecule has 0 atom stereocenters. The van der Waals surface area contributed by atoms with Gasteiger partial charge in [-0.25, -0.2) is 9.37 Å². The van der Waals surface area contributed by atoms with Gasteiger partial charge in [0.1, 0.15) is 17.9 Å². The maximum Gasteiger partial charge on any atom is 0.471 e. The molecule has 1 aromatic carbocycles. The van der Waals surface area contributed by atoms with Crippen LogP contribution in [-0.4, -0.2) is 24.7 Å². The van der Waals surface area contributed by atoms with E-state index in [1.54, 1.807) is 12.3 Å². The number of fused-ring (bicyclic) bond motifs is 1. The van der Waals surface area contributed by atoms with E-state index in [1.807, 2.05) is 10.6 Å². The zero-order valence-electron chi connectivity index (χ0n) is 15.2. The Morgan fingerprint density at radius 1 is 1.17 bits per heavy atom. The van der Waals surface area contributed by atoms with Crippen LogP contribution in [0.25, 0.3) is 22.6 Å². The fourth-order valence-corrected chi connectivity index (χ4v) is 3.10. The number of halogens is 4. The van der Waals surface area contributed by atoms with Crippen molar-refractivity contribution in [3.8, 4) is 17.4 Å². The molecule has 5 rings (SSSR count). The van der Waals surface area contributed by atoms with Crippen molar-refractivity contribution < 1.29 is 26.8 Å². The number of nitrogens with zero attached hydrogens (tertiary/aromatic N) is 5. The van der Waals surface area contributed by atoms with Crippen LogP contribution in [0.3, 0.4) is 0 Å². The molecule has 1 fully saturated rings. The zero-order chi connectivity index (χ0) is 20.9. The molecule has 1 saturated carbocycles. The lowest BCUT2D eigenvalue weighted by molar-refractivity contribution is -0.159. The standard InChI is InChI=1S/C19H13F4N5O2/c20-13-8-10(3-6-12(13)15-26-17(30-27-15)19(21,22)23)9-29-18-25-14-2-1-7-24-16(14)28(18)11-4-5-11/h1-3,6-8,11H,4-5,9H2. The van der Waals surface area contributed by atoms with Gasteiger partial charge in [0.25, 0.3) is 6.01 Å². The van der Waals surface area contributed by atoms with Crippen molar-refractivity contribution >= 4 is 11.2 Å². The topological polar surface area (TPSA) is 78.9 Å². The van der Waals surface area contributed by atoms with Gasteiger partial charge in [0.15, 0.2) is 5.65 Å². The summed E-state index contributed by atoms with van der Waals surface area (Å²) in [7, 11) is 0. The maximum atomic E-state index is 14.5. The largest absolute Gasteiger partial charge is 0.471 e. The van der Waals surface area contributed by atoms with Gasteiger partial charge < -0.3 is 9.26 Å². The van der Waals surface area contributed by atoms with Crippen LogP contribution in [0, 0.1) is 5.82 Å². The Hall–Kier alpha value is -3.50. The Kier molecular flexibility index (Phi) is 4.19. The number of benzene rings is 1. The van der Waals surface area contributed by atoms with Crippen molar-refractivity contribution in [3.05, 3.63) is 53.8 Å². The minimum Gasteiger partial charge on any atom is -0.460 e. The molecule has 0 N–H and O–H groups in total. The van der Waals surface area contributed by atoms with E-state index < -0.39 is 23.7 Å². The van der Waals surface area contributed by atoms with E-state index in [9.17, 15) is 17.6 Å². The van der Waals surface area contributed by atoms with E-state index in [1.165, 1.54) is 12.1 Å². The van der Waals surface area contributed by atoms with E-state index in [2.05, 4.69) is 24.6 Å².